The average Bonchev–Trinajstić information content (AvgIpc) is 2.45. The first-order valence-electron chi connectivity index (χ1n) is 7.39. The number of benzene rings is 1. The summed E-state index contributed by atoms with van der Waals surface area (Å²) >= 11 is 0. The number of rotatable bonds is 7. The van der Waals surface area contributed by atoms with Crippen molar-refractivity contribution in [3.05, 3.63) is 29.8 Å². The standard InChI is InChI=1S/C16H25N3O2/c1-4-7-13(17)16(21)19-14-9-6-5-8-12(14)15(20)18-10-11(2)3/h5-6,8-9,11,13H,4,7,10,17H2,1-3H3,(H,18,20)(H,19,21)/t13-/m0/s1. The second kappa shape index (κ2) is 8.42. The molecule has 0 aliphatic heterocycles. The molecule has 0 spiro atoms. The van der Waals surface area contributed by atoms with E-state index in [0.717, 1.165) is 6.42 Å². The molecule has 5 heteroatoms. The highest BCUT2D eigenvalue weighted by Crippen LogP contribution is 2.15. The number of anilines is 1. The highest BCUT2D eigenvalue weighted by molar-refractivity contribution is 6.04. The molecule has 5 nitrogen and oxygen atoms in total. The van der Waals surface area contributed by atoms with Crippen LogP contribution in [0.1, 0.15) is 44.0 Å². The molecular formula is C16H25N3O2. The minimum absolute atomic E-state index is 0.191. The largest absolute Gasteiger partial charge is 0.352 e. The molecule has 1 rings (SSSR count). The lowest BCUT2D eigenvalue weighted by atomic mass is 10.1. The number of hydrogen-bond donors (Lipinski definition) is 3. The predicted molar refractivity (Wildman–Crippen MR) is 85.1 cm³/mol. The molecule has 0 fully saturated rings. The van der Waals surface area contributed by atoms with Crippen LogP contribution in [-0.2, 0) is 4.79 Å². The van der Waals surface area contributed by atoms with Crippen LogP contribution < -0.4 is 16.4 Å². The van der Waals surface area contributed by atoms with Crippen LogP contribution in [0, 0.1) is 5.92 Å². The second-order valence-corrected chi connectivity index (χ2v) is 5.53. The van der Waals surface area contributed by atoms with Crippen molar-refractivity contribution in [1.29, 1.82) is 0 Å². The molecule has 0 aromatic heterocycles. The molecule has 0 saturated heterocycles. The van der Waals surface area contributed by atoms with Crippen LogP contribution >= 0.6 is 0 Å². The monoisotopic (exact) mass is 291 g/mol. The van der Waals surface area contributed by atoms with Gasteiger partial charge in [0.15, 0.2) is 0 Å². The van der Waals surface area contributed by atoms with Crippen molar-refractivity contribution in [1.82, 2.24) is 5.32 Å². The zero-order chi connectivity index (χ0) is 15.8. The lowest BCUT2D eigenvalue weighted by Crippen LogP contribution is -2.36. The van der Waals surface area contributed by atoms with Crippen molar-refractivity contribution >= 4 is 17.5 Å². The number of carbonyl (C=O) groups excluding carboxylic acids is 2. The summed E-state index contributed by atoms with van der Waals surface area (Å²) in [5.74, 6) is -0.0849. The Morgan fingerprint density at radius 2 is 1.90 bits per heavy atom. The van der Waals surface area contributed by atoms with Crippen molar-refractivity contribution in [3.63, 3.8) is 0 Å². The third-order valence-corrected chi connectivity index (χ3v) is 3.04. The fourth-order valence-electron chi connectivity index (χ4n) is 1.85. The Hall–Kier alpha value is -1.88. The molecule has 0 radical (unpaired) electrons. The zero-order valence-corrected chi connectivity index (χ0v) is 13.0. The van der Waals surface area contributed by atoms with E-state index in [2.05, 4.69) is 10.6 Å². The third-order valence-electron chi connectivity index (χ3n) is 3.04. The molecule has 0 saturated carbocycles. The number of nitrogens with one attached hydrogen (secondary N) is 2. The quantitative estimate of drug-likeness (QED) is 0.719. The van der Waals surface area contributed by atoms with Crippen LogP contribution in [0.25, 0.3) is 0 Å². The van der Waals surface area contributed by atoms with E-state index in [-0.39, 0.29) is 11.8 Å². The number of nitrogens with two attached hydrogens (primary N) is 1. The molecule has 0 bridgehead atoms. The minimum Gasteiger partial charge on any atom is -0.352 e. The van der Waals surface area contributed by atoms with Gasteiger partial charge in [-0.15, -0.1) is 0 Å². The summed E-state index contributed by atoms with van der Waals surface area (Å²) < 4.78 is 0. The molecule has 1 aromatic rings. The van der Waals surface area contributed by atoms with Crippen LogP contribution in [-0.4, -0.2) is 24.4 Å². The Morgan fingerprint density at radius 1 is 1.24 bits per heavy atom. The first-order chi connectivity index (χ1) is 9.95. The molecule has 1 atom stereocenters. The van der Waals surface area contributed by atoms with Crippen LogP contribution in [0.5, 0.6) is 0 Å². The van der Waals surface area contributed by atoms with E-state index in [1.165, 1.54) is 0 Å². The fraction of sp³-hybridized carbons (Fsp3) is 0.500. The number of hydrogen-bond acceptors (Lipinski definition) is 3. The van der Waals surface area contributed by atoms with Gasteiger partial charge in [-0.1, -0.05) is 39.3 Å². The van der Waals surface area contributed by atoms with Crippen molar-refractivity contribution in [2.75, 3.05) is 11.9 Å². The van der Waals surface area contributed by atoms with E-state index in [1.807, 2.05) is 20.8 Å². The van der Waals surface area contributed by atoms with E-state index in [9.17, 15) is 9.59 Å². The first-order valence-corrected chi connectivity index (χ1v) is 7.39. The SMILES string of the molecule is CCC[C@H](N)C(=O)Nc1ccccc1C(=O)NCC(C)C. The van der Waals surface area contributed by atoms with Gasteiger partial charge in [0.25, 0.3) is 5.91 Å². The molecule has 21 heavy (non-hydrogen) atoms. The average molecular weight is 291 g/mol. The topological polar surface area (TPSA) is 84.2 Å². The van der Waals surface area contributed by atoms with Crippen LogP contribution in [0.15, 0.2) is 24.3 Å². The van der Waals surface area contributed by atoms with Crippen molar-refractivity contribution in [2.24, 2.45) is 11.7 Å². The van der Waals surface area contributed by atoms with Gasteiger partial charge in [-0.3, -0.25) is 9.59 Å². The summed E-state index contributed by atoms with van der Waals surface area (Å²) in [6.45, 7) is 6.62. The highest BCUT2D eigenvalue weighted by atomic mass is 16.2. The molecule has 116 valence electrons. The van der Waals surface area contributed by atoms with Gasteiger partial charge in [0.05, 0.1) is 17.3 Å². The molecule has 0 aliphatic rings. The van der Waals surface area contributed by atoms with Gasteiger partial charge in [0.2, 0.25) is 5.91 Å². The molecule has 4 N–H and O–H groups in total. The van der Waals surface area contributed by atoms with Gasteiger partial charge in [-0.25, -0.2) is 0 Å². The molecule has 0 aliphatic carbocycles. The van der Waals surface area contributed by atoms with Gasteiger partial charge in [-0.05, 0) is 24.5 Å². The Morgan fingerprint density at radius 3 is 2.52 bits per heavy atom. The lowest BCUT2D eigenvalue weighted by Gasteiger charge is -2.15. The molecule has 2 amide bonds. The number of amides is 2. The molecule has 0 unspecified atom stereocenters. The van der Waals surface area contributed by atoms with Gasteiger partial charge >= 0.3 is 0 Å². The molecule has 0 heterocycles. The van der Waals surface area contributed by atoms with E-state index >= 15 is 0 Å². The number of carbonyl (C=O) groups is 2. The van der Waals surface area contributed by atoms with Crippen molar-refractivity contribution in [2.45, 2.75) is 39.7 Å². The Balaban J connectivity index is 2.79. The minimum atomic E-state index is -0.554. The van der Waals surface area contributed by atoms with Crippen LogP contribution in [0.3, 0.4) is 0 Å². The Bertz CT molecular complexity index is 486. The van der Waals surface area contributed by atoms with Crippen LogP contribution in [0.4, 0.5) is 5.69 Å². The molecule has 1 aromatic carbocycles. The van der Waals surface area contributed by atoms with E-state index in [4.69, 9.17) is 5.73 Å². The predicted octanol–water partition coefficient (Wildman–Crippen LogP) is 2.14. The zero-order valence-electron chi connectivity index (χ0n) is 13.0. The summed E-state index contributed by atoms with van der Waals surface area (Å²) in [6, 6.07) is 6.39. The Labute approximate surface area is 126 Å². The van der Waals surface area contributed by atoms with E-state index in [0.29, 0.717) is 30.1 Å². The second-order valence-electron chi connectivity index (χ2n) is 5.53. The fourth-order valence-corrected chi connectivity index (χ4v) is 1.85. The van der Waals surface area contributed by atoms with Gasteiger partial charge in [0.1, 0.15) is 0 Å². The van der Waals surface area contributed by atoms with Crippen LogP contribution in [0.2, 0.25) is 0 Å². The summed E-state index contributed by atoms with van der Waals surface area (Å²) in [6.07, 6.45) is 1.46. The van der Waals surface area contributed by atoms with Gasteiger partial charge in [-0.2, -0.15) is 0 Å². The van der Waals surface area contributed by atoms with Gasteiger partial charge in [0, 0.05) is 6.54 Å². The Kier molecular flexibility index (Phi) is 6.88. The highest BCUT2D eigenvalue weighted by Gasteiger charge is 2.16. The first kappa shape index (κ1) is 17.2. The smallest absolute Gasteiger partial charge is 0.253 e. The summed E-state index contributed by atoms with van der Waals surface area (Å²) in [7, 11) is 0. The summed E-state index contributed by atoms with van der Waals surface area (Å²) in [4.78, 5) is 24.1. The van der Waals surface area contributed by atoms with Crippen molar-refractivity contribution in [3.8, 4) is 0 Å². The van der Waals surface area contributed by atoms with E-state index in [1.54, 1.807) is 24.3 Å². The molecular weight excluding hydrogens is 266 g/mol. The maximum absolute atomic E-state index is 12.2. The summed E-state index contributed by atoms with van der Waals surface area (Å²) in [5, 5.41) is 5.58. The number of para-hydroxylation sites is 1. The maximum Gasteiger partial charge on any atom is 0.253 e. The van der Waals surface area contributed by atoms with Gasteiger partial charge < -0.3 is 16.4 Å². The third kappa shape index (κ3) is 5.55. The maximum atomic E-state index is 12.2. The normalized spacial score (nSPS) is 12.0. The van der Waals surface area contributed by atoms with E-state index < -0.39 is 6.04 Å². The van der Waals surface area contributed by atoms with Crippen molar-refractivity contribution < 1.29 is 9.59 Å². The lowest BCUT2D eigenvalue weighted by molar-refractivity contribution is -0.117. The summed E-state index contributed by atoms with van der Waals surface area (Å²) in [5.41, 5.74) is 6.74.